The predicted octanol–water partition coefficient (Wildman–Crippen LogP) is 4.29. The van der Waals surface area contributed by atoms with Crippen LogP contribution in [-0.2, 0) is 9.53 Å². The minimum Gasteiger partial charge on any atom is -0.462 e. The van der Waals surface area contributed by atoms with Gasteiger partial charge in [-0.3, -0.25) is 4.79 Å². The molecule has 154 valence electrons. The van der Waals surface area contributed by atoms with Crippen LogP contribution in [0.1, 0.15) is 23.0 Å². The number of nitrogens with one attached hydrogen (secondary N) is 2. The van der Waals surface area contributed by atoms with E-state index in [9.17, 15) is 9.59 Å². The molecule has 3 rings (SSSR count). The molecule has 0 aliphatic heterocycles. The molecule has 1 amide bonds. The fraction of sp³-hybridized carbons (Fsp3) is 0.136. The molecule has 0 bridgehead atoms. The number of hydrogen-bond donors (Lipinski definition) is 2. The van der Waals surface area contributed by atoms with Gasteiger partial charge in [0.1, 0.15) is 11.5 Å². The quantitative estimate of drug-likeness (QED) is 0.201. The normalized spacial score (nSPS) is 10.7. The molecule has 7 nitrogen and oxygen atoms in total. The van der Waals surface area contributed by atoms with Crippen LogP contribution in [0.25, 0.3) is 11.3 Å². The number of rotatable bonds is 8. The Morgan fingerprint density at radius 1 is 1.07 bits per heavy atom. The molecule has 0 aliphatic carbocycles. The number of hydrogen-bond acceptors (Lipinski definition) is 6. The average molecular weight is 517 g/mol. The van der Waals surface area contributed by atoms with E-state index in [1.165, 1.54) is 6.21 Å². The van der Waals surface area contributed by atoms with E-state index in [1.54, 1.807) is 43.3 Å². The van der Waals surface area contributed by atoms with Crippen LogP contribution in [0.15, 0.2) is 70.2 Å². The molecule has 30 heavy (non-hydrogen) atoms. The Morgan fingerprint density at radius 2 is 1.80 bits per heavy atom. The van der Waals surface area contributed by atoms with Gasteiger partial charge in [0.2, 0.25) is 0 Å². The van der Waals surface area contributed by atoms with Crippen LogP contribution >= 0.6 is 22.6 Å². The molecule has 2 N–H and O–H groups in total. The molecule has 1 aromatic heterocycles. The lowest BCUT2D eigenvalue weighted by Gasteiger charge is -2.04. The lowest BCUT2D eigenvalue weighted by Crippen LogP contribution is -2.25. The summed E-state index contributed by atoms with van der Waals surface area (Å²) in [4.78, 5) is 23.6. The number of ether oxygens (including phenoxy) is 1. The number of anilines is 1. The van der Waals surface area contributed by atoms with Gasteiger partial charge in [0.15, 0.2) is 0 Å². The van der Waals surface area contributed by atoms with Crippen molar-refractivity contribution in [3.63, 3.8) is 0 Å². The van der Waals surface area contributed by atoms with E-state index >= 15 is 0 Å². The molecule has 0 aliphatic rings. The van der Waals surface area contributed by atoms with Gasteiger partial charge in [-0.15, -0.1) is 0 Å². The molecule has 1 heterocycles. The smallest absolute Gasteiger partial charge is 0.338 e. The number of halogens is 1. The fourth-order valence-electron chi connectivity index (χ4n) is 2.52. The second kappa shape index (κ2) is 10.6. The van der Waals surface area contributed by atoms with Crippen LogP contribution in [-0.4, -0.2) is 31.2 Å². The number of esters is 1. The Hall–Kier alpha value is -3.14. The van der Waals surface area contributed by atoms with Gasteiger partial charge in [0.25, 0.3) is 5.91 Å². The second-order valence-electron chi connectivity index (χ2n) is 6.15. The number of nitrogens with zero attached hydrogens (tertiary/aromatic N) is 1. The van der Waals surface area contributed by atoms with E-state index in [0.29, 0.717) is 23.7 Å². The first-order chi connectivity index (χ1) is 14.5. The summed E-state index contributed by atoms with van der Waals surface area (Å²) in [6.45, 7) is 2.20. The third kappa shape index (κ3) is 6.18. The SMILES string of the molecule is CCOC(=O)c1ccc(-c2ccc(/C=N\NC(=O)CNc3ccc(I)cc3)o2)cc1. The maximum Gasteiger partial charge on any atom is 0.338 e. The predicted molar refractivity (Wildman–Crippen MR) is 123 cm³/mol. The highest BCUT2D eigenvalue weighted by molar-refractivity contribution is 14.1. The maximum absolute atomic E-state index is 11.9. The lowest BCUT2D eigenvalue weighted by molar-refractivity contribution is -0.119. The molecule has 2 aromatic carbocycles. The van der Waals surface area contributed by atoms with E-state index in [-0.39, 0.29) is 18.4 Å². The molecule has 0 saturated heterocycles. The van der Waals surface area contributed by atoms with Crippen molar-refractivity contribution in [2.75, 3.05) is 18.5 Å². The highest BCUT2D eigenvalue weighted by Gasteiger charge is 2.08. The summed E-state index contributed by atoms with van der Waals surface area (Å²) in [7, 11) is 0. The number of hydrazone groups is 1. The maximum atomic E-state index is 11.9. The summed E-state index contributed by atoms with van der Waals surface area (Å²) >= 11 is 2.22. The summed E-state index contributed by atoms with van der Waals surface area (Å²) in [6.07, 6.45) is 1.43. The lowest BCUT2D eigenvalue weighted by atomic mass is 10.1. The van der Waals surface area contributed by atoms with Crippen molar-refractivity contribution in [2.45, 2.75) is 6.92 Å². The molecular formula is C22H20IN3O4. The van der Waals surface area contributed by atoms with Gasteiger partial charge in [0.05, 0.1) is 24.9 Å². The van der Waals surface area contributed by atoms with E-state index < -0.39 is 0 Å². The van der Waals surface area contributed by atoms with Crippen molar-refractivity contribution in [1.29, 1.82) is 0 Å². The number of carbonyl (C=O) groups excluding carboxylic acids is 2. The molecule has 0 saturated carbocycles. The molecule has 0 fully saturated rings. The fourth-order valence-corrected chi connectivity index (χ4v) is 2.88. The van der Waals surface area contributed by atoms with Crippen LogP contribution in [0, 0.1) is 3.57 Å². The van der Waals surface area contributed by atoms with E-state index in [1.807, 2.05) is 24.3 Å². The van der Waals surface area contributed by atoms with Gasteiger partial charge in [-0.2, -0.15) is 5.10 Å². The number of benzene rings is 2. The zero-order valence-corrected chi connectivity index (χ0v) is 18.4. The van der Waals surface area contributed by atoms with Crippen LogP contribution in [0.4, 0.5) is 5.69 Å². The van der Waals surface area contributed by atoms with Crippen LogP contribution in [0.3, 0.4) is 0 Å². The number of carbonyl (C=O) groups is 2. The Labute approximate surface area is 187 Å². The minimum absolute atomic E-state index is 0.105. The van der Waals surface area contributed by atoms with Gasteiger partial charge in [-0.25, -0.2) is 10.2 Å². The van der Waals surface area contributed by atoms with Crippen molar-refractivity contribution >= 4 is 46.4 Å². The Morgan fingerprint density at radius 3 is 2.50 bits per heavy atom. The zero-order valence-electron chi connectivity index (χ0n) is 16.2. The molecule has 3 aromatic rings. The van der Waals surface area contributed by atoms with Gasteiger partial charge < -0.3 is 14.5 Å². The first-order valence-electron chi connectivity index (χ1n) is 9.24. The van der Waals surface area contributed by atoms with Gasteiger partial charge in [-0.1, -0.05) is 12.1 Å². The summed E-state index contributed by atoms with van der Waals surface area (Å²) in [5.41, 5.74) is 4.60. The summed E-state index contributed by atoms with van der Waals surface area (Å²) in [6, 6.07) is 18.2. The summed E-state index contributed by atoms with van der Waals surface area (Å²) in [5.74, 6) is 0.485. The zero-order chi connectivity index (χ0) is 21.3. The summed E-state index contributed by atoms with van der Waals surface area (Å²) in [5, 5.41) is 6.93. The van der Waals surface area contributed by atoms with Crippen molar-refractivity contribution in [3.8, 4) is 11.3 Å². The first-order valence-corrected chi connectivity index (χ1v) is 10.3. The van der Waals surface area contributed by atoms with E-state index in [4.69, 9.17) is 9.15 Å². The van der Waals surface area contributed by atoms with E-state index in [0.717, 1.165) is 14.8 Å². The Balaban J connectivity index is 1.51. The number of furan rings is 1. The van der Waals surface area contributed by atoms with Crippen molar-refractivity contribution < 1.29 is 18.7 Å². The molecule has 8 heteroatoms. The largest absolute Gasteiger partial charge is 0.462 e. The first kappa shape index (κ1) is 21.6. The Bertz CT molecular complexity index is 1030. The van der Waals surface area contributed by atoms with Crippen LogP contribution in [0.2, 0.25) is 0 Å². The monoisotopic (exact) mass is 517 g/mol. The van der Waals surface area contributed by atoms with Gasteiger partial charge in [0, 0.05) is 14.8 Å². The molecule has 0 unspecified atom stereocenters. The molecule has 0 atom stereocenters. The topological polar surface area (TPSA) is 92.9 Å². The van der Waals surface area contributed by atoms with Crippen LogP contribution < -0.4 is 10.7 Å². The average Bonchev–Trinajstić information content (AvgIpc) is 3.22. The number of amides is 1. The van der Waals surface area contributed by atoms with E-state index in [2.05, 4.69) is 38.4 Å². The van der Waals surface area contributed by atoms with Gasteiger partial charge in [-0.05, 0) is 78.0 Å². The molecule has 0 spiro atoms. The molecule has 0 radical (unpaired) electrons. The minimum atomic E-state index is -0.358. The van der Waals surface area contributed by atoms with Gasteiger partial charge >= 0.3 is 5.97 Å². The summed E-state index contributed by atoms with van der Waals surface area (Å²) < 4.78 is 11.8. The molecular weight excluding hydrogens is 497 g/mol. The Kier molecular flexibility index (Phi) is 7.61. The van der Waals surface area contributed by atoms with Crippen molar-refractivity contribution in [2.24, 2.45) is 5.10 Å². The highest BCUT2D eigenvalue weighted by atomic mass is 127. The second-order valence-corrected chi connectivity index (χ2v) is 7.40. The third-order valence-corrected chi connectivity index (χ3v) is 4.70. The van der Waals surface area contributed by atoms with Crippen LogP contribution in [0.5, 0.6) is 0 Å². The van der Waals surface area contributed by atoms with Crippen molar-refractivity contribution in [1.82, 2.24) is 5.43 Å². The highest BCUT2D eigenvalue weighted by Crippen LogP contribution is 2.22. The van der Waals surface area contributed by atoms with Crippen molar-refractivity contribution in [3.05, 3.63) is 75.6 Å². The third-order valence-electron chi connectivity index (χ3n) is 3.99. The standard InChI is InChI=1S/C22H20IN3O4/c1-2-29-22(28)16-5-3-15(4-6-16)20-12-11-19(30-20)13-25-26-21(27)14-24-18-9-7-17(23)8-10-18/h3-13,24H,2,14H2,1H3,(H,26,27)/b25-13-.